The molecule has 1 aromatic carbocycles. The Kier molecular flexibility index (Phi) is 5.16. The summed E-state index contributed by atoms with van der Waals surface area (Å²) < 4.78 is 5.20. The third-order valence-electron chi connectivity index (χ3n) is 5.44. The number of hydrogen-bond donors (Lipinski definition) is 1. The number of esters is 1. The maximum absolute atomic E-state index is 13.0. The summed E-state index contributed by atoms with van der Waals surface area (Å²) in [5.41, 5.74) is -0.0121. The number of nitriles is 1. The van der Waals surface area contributed by atoms with Crippen LogP contribution in [-0.2, 0) is 20.9 Å². The highest BCUT2D eigenvalue weighted by Gasteiger charge is 2.56. The van der Waals surface area contributed by atoms with Crippen LogP contribution in [0.2, 0.25) is 0 Å². The first-order valence-corrected chi connectivity index (χ1v) is 9.43. The third-order valence-corrected chi connectivity index (χ3v) is 5.44. The van der Waals surface area contributed by atoms with Gasteiger partial charge in [0.1, 0.15) is 18.7 Å². The van der Waals surface area contributed by atoms with Crippen molar-refractivity contribution in [3.05, 3.63) is 35.4 Å². The number of benzene rings is 1. The molecule has 1 aromatic rings. The van der Waals surface area contributed by atoms with Gasteiger partial charge in [-0.25, -0.2) is 4.79 Å². The van der Waals surface area contributed by atoms with E-state index >= 15 is 0 Å². The van der Waals surface area contributed by atoms with Crippen LogP contribution in [0.15, 0.2) is 24.3 Å². The summed E-state index contributed by atoms with van der Waals surface area (Å²) in [6.07, 6.45) is 2.11. The van der Waals surface area contributed by atoms with Gasteiger partial charge in [0.2, 0.25) is 0 Å². The fourth-order valence-electron chi connectivity index (χ4n) is 4.74. The quantitative estimate of drug-likeness (QED) is 0.637. The van der Waals surface area contributed by atoms with E-state index in [1.54, 1.807) is 24.3 Å². The van der Waals surface area contributed by atoms with Crippen LogP contribution in [0.5, 0.6) is 0 Å². The van der Waals surface area contributed by atoms with Gasteiger partial charge in [-0.15, -0.1) is 0 Å². The van der Waals surface area contributed by atoms with Crippen LogP contribution in [0.25, 0.3) is 0 Å². The molecule has 0 aromatic heterocycles. The van der Waals surface area contributed by atoms with E-state index in [9.17, 15) is 14.4 Å². The minimum absolute atomic E-state index is 0.0713. The van der Waals surface area contributed by atoms with Crippen LogP contribution < -0.4 is 5.32 Å². The summed E-state index contributed by atoms with van der Waals surface area (Å²) >= 11 is 0. The van der Waals surface area contributed by atoms with Crippen LogP contribution in [0.1, 0.15) is 51.2 Å². The molecule has 2 atom stereocenters. The van der Waals surface area contributed by atoms with Gasteiger partial charge in [-0.3, -0.25) is 14.5 Å². The Balaban J connectivity index is 1.66. The van der Waals surface area contributed by atoms with E-state index in [1.807, 2.05) is 6.07 Å². The number of nitrogens with zero attached hydrogens (tertiary/aromatic N) is 2. The zero-order valence-electron chi connectivity index (χ0n) is 16.4. The highest BCUT2D eigenvalue weighted by atomic mass is 16.5. The molecule has 1 saturated carbocycles. The molecule has 1 heterocycles. The van der Waals surface area contributed by atoms with Crippen molar-refractivity contribution in [1.29, 1.82) is 5.26 Å². The minimum atomic E-state index is -0.939. The fourth-order valence-corrected chi connectivity index (χ4v) is 4.74. The number of urea groups is 1. The van der Waals surface area contributed by atoms with Crippen LogP contribution in [-0.4, -0.2) is 34.9 Å². The summed E-state index contributed by atoms with van der Waals surface area (Å²) in [6, 6.07) is 8.29. The number of ether oxygens (including phenoxy) is 1. The molecule has 3 amide bonds. The zero-order valence-corrected chi connectivity index (χ0v) is 16.4. The first-order chi connectivity index (χ1) is 13.2. The lowest BCUT2D eigenvalue weighted by molar-refractivity contribution is -0.149. The Morgan fingerprint density at radius 1 is 1.32 bits per heavy atom. The Morgan fingerprint density at radius 2 is 2.04 bits per heavy atom. The van der Waals surface area contributed by atoms with E-state index in [-0.39, 0.29) is 17.9 Å². The van der Waals surface area contributed by atoms with Crippen molar-refractivity contribution < 1.29 is 19.1 Å². The minimum Gasteiger partial charge on any atom is -0.459 e. The van der Waals surface area contributed by atoms with Crippen molar-refractivity contribution >= 4 is 17.9 Å². The molecular weight excluding hydrogens is 358 g/mol. The lowest BCUT2D eigenvalue weighted by Crippen LogP contribution is -2.54. The Morgan fingerprint density at radius 3 is 2.71 bits per heavy atom. The van der Waals surface area contributed by atoms with Gasteiger partial charge >= 0.3 is 12.0 Å². The van der Waals surface area contributed by atoms with Gasteiger partial charge in [0.05, 0.1) is 11.6 Å². The SMILES string of the molecule is C[C@@H]1CC(C)(C)C[C@@]2(C1)NC(=O)N(CC(=O)OCc1ccccc1C#N)C2=O. The van der Waals surface area contributed by atoms with Gasteiger partial charge in [0.25, 0.3) is 5.91 Å². The summed E-state index contributed by atoms with van der Waals surface area (Å²) in [5, 5.41) is 11.9. The standard InChI is InChI=1S/C21H25N3O4/c1-14-8-20(2,3)13-21(9-14)18(26)24(19(27)23-21)11-17(25)28-12-16-7-5-4-6-15(16)10-22/h4-7,14H,8-9,11-13H2,1-3H3,(H,23,27)/t14-,21-/m1/s1. The number of amides is 3. The predicted octanol–water partition coefficient (Wildman–Crippen LogP) is 2.74. The van der Waals surface area contributed by atoms with Gasteiger partial charge in [-0.2, -0.15) is 5.26 Å². The highest BCUT2D eigenvalue weighted by molar-refractivity contribution is 6.08. The molecule has 2 aliphatic rings. The second-order valence-electron chi connectivity index (χ2n) is 8.69. The van der Waals surface area contributed by atoms with Gasteiger partial charge in [-0.1, -0.05) is 39.0 Å². The summed E-state index contributed by atoms with van der Waals surface area (Å²) in [6.45, 7) is 5.74. The number of carbonyl (C=O) groups is 3. The molecule has 148 valence electrons. The average Bonchev–Trinajstić information content (AvgIpc) is 2.81. The van der Waals surface area contributed by atoms with Crippen LogP contribution in [0.3, 0.4) is 0 Å². The van der Waals surface area contributed by atoms with Crippen LogP contribution in [0, 0.1) is 22.7 Å². The molecule has 1 N–H and O–H groups in total. The van der Waals surface area contributed by atoms with Gasteiger partial charge in [-0.05, 0) is 36.7 Å². The van der Waals surface area contributed by atoms with E-state index in [4.69, 9.17) is 10.00 Å². The maximum Gasteiger partial charge on any atom is 0.326 e. The van der Waals surface area contributed by atoms with Gasteiger partial charge in [0, 0.05) is 5.56 Å². The topological polar surface area (TPSA) is 99.5 Å². The largest absolute Gasteiger partial charge is 0.459 e. The molecule has 2 fully saturated rings. The van der Waals surface area contributed by atoms with Crippen LogP contribution >= 0.6 is 0 Å². The molecule has 7 heteroatoms. The number of imide groups is 1. The van der Waals surface area contributed by atoms with Crippen molar-refractivity contribution in [2.75, 3.05) is 6.54 Å². The summed E-state index contributed by atoms with van der Waals surface area (Å²) in [5.74, 6) is -0.745. The van der Waals surface area contributed by atoms with Gasteiger partial charge in [0.15, 0.2) is 0 Å². The van der Waals surface area contributed by atoms with Crippen molar-refractivity contribution in [1.82, 2.24) is 10.2 Å². The lowest BCUT2D eigenvalue weighted by Gasteiger charge is -2.43. The molecule has 1 saturated heterocycles. The van der Waals surface area contributed by atoms with Crippen molar-refractivity contribution in [3.63, 3.8) is 0 Å². The molecule has 1 aliphatic carbocycles. The second kappa shape index (κ2) is 7.27. The van der Waals surface area contributed by atoms with Crippen molar-refractivity contribution in [2.45, 2.75) is 52.2 Å². The lowest BCUT2D eigenvalue weighted by atomic mass is 9.64. The van der Waals surface area contributed by atoms with Crippen LogP contribution in [0.4, 0.5) is 4.79 Å². The highest BCUT2D eigenvalue weighted by Crippen LogP contribution is 2.46. The van der Waals surface area contributed by atoms with E-state index in [0.29, 0.717) is 29.9 Å². The van der Waals surface area contributed by atoms with E-state index in [2.05, 4.69) is 26.1 Å². The van der Waals surface area contributed by atoms with Gasteiger partial charge < -0.3 is 10.1 Å². The van der Waals surface area contributed by atoms with Crippen molar-refractivity contribution in [2.24, 2.45) is 11.3 Å². The molecular formula is C21H25N3O4. The summed E-state index contributed by atoms with van der Waals surface area (Å²) in [7, 11) is 0. The summed E-state index contributed by atoms with van der Waals surface area (Å²) in [4.78, 5) is 38.7. The second-order valence-corrected chi connectivity index (χ2v) is 8.69. The number of carbonyl (C=O) groups excluding carboxylic acids is 3. The van der Waals surface area contributed by atoms with E-state index < -0.39 is 24.1 Å². The molecule has 28 heavy (non-hydrogen) atoms. The molecule has 1 spiro atoms. The zero-order chi connectivity index (χ0) is 20.5. The number of rotatable bonds is 4. The molecule has 7 nitrogen and oxygen atoms in total. The molecule has 0 unspecified atom stereocenters. The molecule has 1 aliphatic heterocycles. The van der Waals surface area contributed by atoms with E-state index in [1.165, 1.54) is 0 Å². The Hall–Kier alpha value is -2.88. The third kappa shape index (κ3) is 3.86. The smallest absolute Gasteiger partial charge is 0.326 e. The van der Waals surface area contributed by atoms with E-state index in [0.717, 1.165) is 11.3 Å². The molecule has 0 radical (unpaired) electrons. The fraction of sp³-hybridized carbons (Fsp3) is 0.524. The average molecular weight is 383 g/mol. The predicted molar refractivity (Wildman–Crippen MR) is 101 cm³/mol. The maximum atomic E-state index is 13.0. The monoisotopic (exact) mass is 383 g/mol. The first-order valence-electron chi connectivity index (χ1n) is 9.43. The molecule has 0 bridgehead atoms. The molecule has 3 rings (SSSR count). The normalized spacial score (nSPS) is 26.1. The van der Waals surface area contributed by atoms with Crippen molar-refractivity contribution in [3.8, 4) is 6.07 Å². The Labute approximate surface area is 164 Å². The number of hydrogen-bond acceptors (Lipinski definition) is 5. The Bertz CT molecular complexity index is 857. The first kappa shape index (κ1) is 19.9. The number of nitrogens with one attached hydrogen (secondary N) is 1.